The second kappa shape index (κ2) is 5.74. The van der Waals surface area contributed by atoms with Gasteiger partial charge in [0.05, 0.1) is 5.02 Å². The molecule has 2 aromatic carbocycles. The largest absolute Gasteiger partial charge is 0.347 e. The highest BCUT2D eigenvalue weighted by Gasteiger charge is 2.18. The van der Waals surface area contributed by atoms with Gasteiger partial charge in [-0.1, -0.05) is 48.9 Å². The van der Waals surface area contributed by atoms with Crippen molar-refractivity contribution < 1.29 is 4.79 Å². The van der Waals surface area contributed by atoms with Crippen molar-refractivity contribution in [3.05, 3.63) is 70.9 Å². The van der Waals surface area contributed by atoms with Gasteiger partial charge < -0.3 is 4.57 Å². The molecule has 0 aliphatic carbocycles. The summed E-state index contributed by atoms with van der Waals surface area (Å²) in [6, 6.07) is 15.2. The first kappa shape index (κ1) is 13.9. The lowest BCUT2D eigenvalue weighted by atomic mass is 10.0. The summed E-state index contributed by atoms with van der Waals surface area (Å²) in [6.07, 6.45) is 2.97. The Bertz CT molecular complexity index is 804. The molecule has 0 amide bonds. The molecule has 0 N–H and O–H groups in total. The monoisotopic (exact) mass is 297 g/mol. The highest BCUT2D eigenvalue weighted by atomic mass is 35.5. The van der Waals surface area contributed by atoms with Crippen LogP contribution >= 0.6 is 11.6 Å². The first-order valence-corrected chi connectivity index (χ1v) is 7.47. The predicted octanol–water partition coefficient (Wildman–Crippen LogP) is 4.94. The molecule has 0 atom stereocenters. The Labute approximate surface area is 129 Å². The molecule has 3 heteroatoms. The minimum Gasteiger partial charge on any atom is -0.347 e. The van der Waals surface area contributed by atoms with E-state index in [1.165, 1.54) is 0 Å². The number of ketones is 1. The number of halogens is 1. The molecule has 0 unspecified atom stereocenters. The number of aryl methyl sites for hydroxylation is 1. The fourth-order valence-corrected chi connectivity index (χ4v) is 2.87. The van der Waals surface area contributed by atoms with Gasteiger partial charge in [-0.25, -0.2) is 0 Å². The van der Waals surface area contributed by atoms with Crippen molar-refractivity contribution in [2.45, 2.75) is 19.9 Å². The van der Waals surface area contributed by atoms with Crippen LogP contribution in [0.1, 0.15) is 29.3 Å². The van der Waals surface area contributed by atoms with Gasteiger partial charge in [-0.3, -0.25) is 4.79 Å². The van der Waals surface area contributed by atoms with Crippen molar-refractivity contribution in [1.29, 1.82) is 0 Å². The van der Waals surface area contributed by atoms with E-state index in [0.717, 1.165) is 23.9 Å². The molecular weight excluding hydrogens is 282 g/mol. The van der Waals surface area contributed by atoms with Gasteiger partial charge in [0.2, 0.25) is 0 Å². The van der Waals surface area contributed by atoms with Crippen LogP contribution in [0.2, 0.25) is 5.02 Å². The van der Waals surface area contributed by atoms with Gasteiger partial charge in [0, 0.05) is 34.8 Å². The van der Waals surface area contributed by atoms with E-state index in [4.69, 9.17) is 11.6 Å². The SMILES string of the molecule is CCCn1cc(C(=O)c2ccccc2Cl)c2ccccc21. The van der Waals surface area contributed by atoms with Gasteiger partial charge in [0.15, 0.2) is 5.78 Å². The standard InChI is InChI=1S/C18H16ClNO/c1-2-11-20-12-15(13-7-4-6-10-17(13)20)18(21)14-8-3-5-9-16(14)19/h3-10,12H,2,11H2,1H3. The number of hydrogen-bond acceptors (Lipinski definition) is 1. The second-order valence-corrected chi connectivity index (χ2v) is 5.47. The van der Waals surface area contributed by atoms with Crippen LogP contribution in [0, 0.1) is 0 Å². The Kier molecular flexibility index (Phi) is 3.80. The maximum Gasteiger partial charge on any atom is 0.196 e. The first-order valence-electron chi connectivity index (χ1n) is 7.09. The van der Waals surface area contributed by atoms with Gasteiger partial charge in [-0.2, -0.15) is 0 Å². The summed E-state index contributed by atoms with van der Waals surface area (Å²) in [7, 11) is 0. The average molecular weight is 298 g/mol. The molecule has 1 aromatic heterocycles. The number of aromatic nitrogens is 1. The molecule has 106 valence electrons. The van der Waals surface area contributed by atoms with E-state index in [-0.39, 0.29) is 5.78 Å². The highest BCUT2D eigenvalue weighted by molar-refractivity contribution is 6.35. The van der Waals surface area contributed by atoms with Crippen LogP contribution in [0.4, 0.5) is 0 Å². The van der Waals surface area contributed by atoms with E-state index in [2.05, 4.69) is 11.5 Å². The van der Waals surface area contributed by atoms with Gasteiger partial charge in [-0.05, 0) is 24.6 Å². The van der Waals surface area contributed by atoms with Crippen molar-refractivity contribution in [3.63, 3.8) is 0 Å². The molecule has 3 rings (SSSR count). The molecule has 0 saturated carbocycles. The maximum absolute atomic E-state index is 12.8. The van der Waals surface area contributed by atoms with Crippen molar-refractivity contribution in [1.82, 2.24) is 4.57 Å². The highest BCUT2D eigenvalue weighted by Crippen LogP contribution is 2.26. The van der Waals surface area contributed by atoms with Gasteiger partial charge in [-0.15, -0.1) is 0 Å². The number of rotatable bonds is 4. The fourth-order valence-electron chi connectivity index (χ4n) is 2.64. The minimum absolute atomic E-state index is 0.0216. The van der Waals surface area contributed by atoms with E-state index in [1.54, 1.807) is 12.1 Å². The maximum atomic E-state index is 12.8. The van der Waals surface area contributed by atoms with Crippen molar-refractivity contribution in [2.75, 3.05) is 0 Å². The Hall–Kier alpha value is -2.06. The summed E-state index contributed by atoms with van der Waals surface area (Å²) < 4.78 is 2.14. The van der Waals surface area contributed by atoms with Crippen LogP contribution < -0.4 is 0 Å². The zero-order valence-corrected chi connectivity index (χ0v) is 12.6. The normalized spacial score (nSPS) is 11.0. The topological polar surface area (TPSA) is 22.0 Å². The summed E-state index contributed by atoms with van der Waals surface area (Å²) in [6.45, 7) is 3.03. The van der Waals surface area contributed by atoms with Crippen LogP contribution in [0.3, 0.4) is 0 Å². The lowest BCUT2D eigenvalue weighted by molar-refractivity contribution is 0.104. The summed E-state index contributed by atoms with van der Waals surface area (Å²) in [5.41, 5.74) is 2.36. The van der Waals surface area contributed by atoms with E-state index >= 15 is 0 Å². The molecular formula is C18H16ClNO. The Balaban J connectivity index is 2.17. The average Bonchev–Trinajstić information content (AvgIpc) is 2.87. The zero-order valence-electron chi connectivity index (χ0n) is 11.8. The van der Waals surface area contributed by atoms with E-state index in [1.807, 2.05) is 42.6 Å². The molecule has 0 fully saturated rings. The summed E-state index contributed by atoms with van der Waals surface area (Å²) in [5, 5.41) is 1.48. The predicted molar refractivity (Wildman–Crippen MR) is 87.1 cm³/mol. The van der Waals surface area contributed by atoms with Gasteiger partial charge in [0.1, 0.15) is 0 Å². The number of carbonyl (C=O) groups excluding carboxylic acids is 1. The Morgan fingerprint density at radius 1 is 1.05 bits per heavy atom. The zero-order chi connectivity index (χ0) is 14.8. The van der Waals surface area contributed by atoms with Crippen LogP contribution in [0.25, 0.3) is 10.9 Å². The number of para-hydroxylation sites is 1. The summed E-state index contributed by atoms with van der Waals surface area (Å²) >= 11 is 6.16. The molecule has 0 spiro atoms. The lowest BCUT2D eigenvalue weighted by Crippen LogP contribution is -2.01. The molecule has 0 bridgehead atoms. The van der Waals surface area contributed by atoms with Crippen molar-refractivity contribution in [3.8, 4) is 0 Å². The van der Waals surface area contributed by atoms with Crippen LogP contribution in [-0.2, 0) is 6.54 Å². The molecule has 1 heterocycles. The quantitative estimate of drug-likeness (QED) is 0.625. The third kappa shape index (κ3) is 2.47. The van der Waals surface area contributed by atoms with Gasteiger partial charge in [0.25, 0.3) is 0 Å². The Morgan fingerprint density at radius 2 is 1.76 bits per heavy atom. The third-order valence-corrected chi connectivity index (χ3v) is 3.95. The van der Waals surface area contributed by atoms with E-state index in [9.17, 15) is 4.79 Å². The Morgan fingerprint density at radius 3 is 2.52 bits per heavy atom. The van der Waals surface area contributed by atoms with Crippen molar-refractivity contribution >= 4 is 28.3 Å². The van der Waals surface area contributed by atoms with Crippen LogP contribution in [0.5, 0.6) is 0 Å². The number of benzene rings is 2. The molecule has 0 aliphatic rings. The molecule has 0 saturated heterocycles. The molecule has 2 nitrogen and oxygen atoms in total. The fraction of sp³-hybridized carbons (Fsp3) is 0.167. The summed E-state index contributed by atoms with van der Waals surface area (Å²) in [4.78, 5) is 12.8. The van der Waals surface area contributed by atoms with Crippen LogP contribution in [0.15, 0.2) is 54.7 Å². The van der Waals surface area contributed by atoms with E-state index in [0.29, 0.717) is 16.1 Å². The smallest absolute Gasteiger partial charge is 0.196 e. The second-order valence-electron chi connectivity index (χ2n) is 5.06. The third-order valence-electron chi connectivity index (χ3n) is 3.62. The lowest BCUT2D eigenvalue weighted by Gasteiger charge is -2.02. The first-order chi connectivity index (χ1) is 10.2. The van der Waals surface area contributed by atoms with E-state index < -0.39 is 0 Å². The number of nitrogens with zero attached hydrogens (tertiary/aromatic N) is 1. The minimum atomic E-state index is -0.0216. The molecule has 0 aliphatic heterocycles. The number of carbonyl (C=O) groups is 1. The van der Waals surface area contributed by atoms with Gasteiger partial charge >= 0.3 is 0 Å². The molecule has 3 aromatic rings. The number of fused-ring (bicyclic) bond motifs is 1. The summed E-state index contributed by atoms with van der Waals surface area (Å²) in [5.74, 6) is -0.0216. The molecule has 0 radical (unpaired) electrons. The number of hydrogen-bond donors (Lipinski definition) is 0. The van der Waals surface area contributed by atoms with Crippen LogP contribution in [-0.4, -0.2) is 10.4 Å². The van der Waals surface area contributed by atoms with Crippen molar-refractivity contribution in [2.24, 2.45) is 0 Å². The molecule has 21 heavy (non-hydrogen) atoms.